The van der Waals surface area contributed by atoms with Crippen molar-refractivity contribution in [2.45, 2.75) is 25.7 Å². The number of anilines is 1. The summed E-state index contributed by atoms with van der Waals surface area (Å²) in [6, 6.07) is 6.01. The molecule has 1 aliphatic rings. The molecular weight excluding hydrogens is 249 g/mol. The summed E-state index contributed by atoms with van der Waals surface area (Å²) in [6.07, 6.45) is 2.09. The molecule has 1 aromatic carbocycles. The Morgan fingerprint density at radius 1 is 1.11 bits per heavy atom. The maximum absolute atomic E-state index is 13.4. The van der Waals surface area contributed by atoms with Crippen LogP contribution in [0.5, 0.6) is 0 Å². The molecule has 2 rings (SSSR count). The molecular formula is C14H16FNO3. The number of carbonyl (C=O) groups is 2. The molecule has 4 nitrogen and oxygen atoms in total. The van der Waals surface area contributed by atoms with E-state index in [1.807, 2.05) is 0 Å². The zero-order chi connectivity index (χ0) is 13.8. The normalized spacial score (nSPS) is 22.8. The largest absolute Gasteiger partial charge is 0.481 e. The SMILES string of the molecule is O=C(O)C1CCC(C(=O)Nc2ccccc2F)CC1. The first-order valence-electron chi connectivity index (χ1n) is 6.36. The second-order valence-electron chi connectivity index (χ2n) is 4.86. The van der Waals surface area contributed by atoms with Gasteiger partial charge in [0.25, 0.3) is 0 Å². The number of carboxylic acid groups (broad SMARTS) is 1. The zero-order valence-electron chi connectivity index (χ0n) is 10.4. The Morgan fingerprint density at radius 2 is 1.68 bits per heavy atom. The molecule has 0 saturated heterocycles. The first-order valence-corrected chi connectivity index (χ1v) is 6.36. The average Bonchev–Trinajstić information content (AvgIpc) is 2.41. The van der Waals surface area contributed by atoms with Gasteiger partial charge in [0.05, 0.1) is 11.6 Å². The maximum atomic E-state index is 13.4. The van der Waals surface area contributed by atoms with Gasteiger partial charge >= 0.3 is 5.97 Å². The fraction of sp³-hybridized carbons (Fsp3) is 0.429. The third-order valence-corrected chi connectivity index (χ3v) is 3.58. The van der Waals surface area contributed by atoms with E-state index in [9.17, 15) is 14.0 Å². The number of hydrogen-bond donors (Lipinski definition) is 2. The summed E-state index contributed by atoms with van der Waals surface area (Å²) in [6.45, 7) is 0. The minimum Gasteiger partial charge on any atom is -0.481 e. The van der Waals surface area contributed by atoms with E-state index in [0.29, 0.717) is 25.7 Å². The van der Waals surface area contributed by atoms with Crippen LogP contribution < -0.4 is 5.32 Å². The van der Waals surface area contributed by atoms with Crippen molar-refractivity contribution >= 4 is 17.6 Å². The van der Waals surface area contributed by atoms with Crippen molar-refractivity contribution in [3.63, 3.8) is 0 Å². The summed E-state index contributed by atoms with van der Waals surface area (Å²) in [5.74, 6) is -2.07. The highest BCUT2D eigenvalue weighted by Crippen LogP contribution is 2.30. The first kappa shape index (κ1) is 13.5. The molecule has 0 aromatic heterocycles. The zero-order valence-corrected chi connectivity index (χ0v) is 10.4. The number of benzene rings is 1. The summed E-state index contributed by atoms with van der Waals surface area (Å²) < 4.78 is 13.4. The molecule has 0 spiro atoms. The quantitative estimate of drug-likeness (QED) is 0.883. The van der Waals surface area contributed by atoms with Gasteiger partial charge in [0.15, 0.2) is 0 Å². The van der Waals surface area contributed by atoms with Gasteiger partial charge in [0.1, 0.15) is 5.82 Å². The van der Waals surface area contributed by atoms with Gasteiger partial charge in [0, 0.05) is 5.92 Å². The summed E-state index contributed by atoms with van der Waals surface area (Å²) in [5.41, 5.74) is 0.174. The van der Waals surface area contributed by atoms with Gasteiger partial charge in [0.2, 0.25) is 5.91 Å². The molecule has 2 N–H and O–H groups in total. The average molecular weight is 265 g/mol. The van der Waals surface area contributed by atoms with Crippen molar-refractivity contribution in [1.29, 1.82) is 0 Å². The van der Waals surface area contributed by atoms with Gasteiger partial charge < -0.3 is 10.4 Å². The number of aliphatic carboxylic acids is 1. The molecule has 1 amide bonds. The van der Waals surface area contributed by atoms with E-state index in [1.165, 1.54) is 12.1 Å². The van der Waals surface area contributed by atoms with Gasteiger partial charge in [-0.3, -0.25) is 9.59 Å². The molecule has 1 saturated carbocycles. The van der Waals surface area contributed by atoms with Crippen molar-refractivity contribution in [3.8, 4) is 0 Å². The highest BCUT2D eigenvalue weighted by Gasteiger charge is 2.29. The number of amides is 1. The third-order valence-electron chi connectivity index (χ3n) is 3.58. The van der Waals surface area contributed by atoms with Crippen LogP contribution in [-0.2, 0) is 9.59 Å². The standard InChI is InChI=1S/C14H16FNO3/c15-11-3-1-2-4-12(11)16-13(17)9-5-7-10(8-6-9)14(18)19/h1-4,9-10H,5-8H2,(H,16,17)(H,18,19). The first-order chi connectivity index (χ1) is 9.08. The van der Waals surface area contributed by atoms with Crippen LogP contribution in [0.4, 0.5) is 10.1 Å². The topological polar surface area (TPSA) is 66.4 Å². The molecule has 0 radical (unpaired) electrons. The molecule has 1 aromatic rings. The fourth-order valence-electron chi connectivity index (χ4n) is 2.40. The molecule has 0 heterocycles. The molecule has 0 aliphatic heterocycles. The molecule has 0 atom stereocenters. The lowest BCUT2D eigenvalue weighted by Gasteiger charge is -2.25. The van der Waals surface area contributed by atoms with Crippen LogP contribution in [0.1, 0.15) is 25.7 Å². The Hall–Kier alpha value is -1.91. The van der Waals surface area contributed by atoms with Crippen molar-refractivity contribution in [2.75, 3.05) is 5.32 Å². The van der Waals surface area contributed by atoms with Crippen LogP contribution in [0, 0.1) is 17.7 Å². The number of carbonyl (C=O) groups excluding carboxylic acids is 1. The van der Waals surface area contributed by atoms with E-state index in [0.717, 1.165) is 0 Å². The smallest absolute Gasteiger partial charge is 0.306 e. The van der Waals surface area contributed by atoms with Gasteiger partial charge in [-0.25, -0.2) is 4.39 Å². The molecule has 0 unspecified atom stereocenters. The molecule has 1 aliphatic carbocycles. The van der Waals surface area contributed by atoms with Gasteiger partial charge in [-0.05, 0) is 37.8 Å². The number of carboxylic acids is 1. The van der Waals surface area contributed by atoms with Crippen LogP contribution >= 0.6 is 0 Å². The van der Waals surface area contributed by atoms with Gasteiger partial charge in [-0.2, -0.15) is 0 Å². The van der Waals surface area contributed by atoms with E-state index >= 15 is 0 Å². The van der Waals surface area contributed by atoms with Crippen LogP contribution in [0.2, 0.25) is 0 Å². The lowest BCUT2D eigenvalue weighted by molar-refractivity contribution is -0.143. The molecule has 5 heteroatoms. The van der Waals surface area contributed by atoms with Gasteiger partial charge in [-0.15, -0.1) is 0 Å². The van der Waals surface area contributed by atoms with E-state index < -0.39 is 11.8 Å². The van der Waals surface area contributed by atoms with Crippen LogP contribution in [-0.4, -0.2) is 17.0 Å². The second kappa shape index (κ2) is 5.82. The Balaban J connectivity index is 1.92. The number of halogens is 1. The van der Waals surface area contributed by atoms with Crippen LogP contribution in [0.25, 0.3) is 0 Å². The molecule has 102 valence electrons. The van der Waals surface area contributed by atoms with Crippen molar-refractivity contribution < 1.29 is 19.1 Å². The maximum Gasteiger partial charge on any atom is 0.306 e. The minimum atomic E-state index is -0.798. The lowest BCUT2D eigenvalue weighted by Crippen LogP contribution is -2.29. The summed E-state index contributed by atoms with van der Waals surface area (Å²) >= 11 is 0. The Kier molecular flexibility index (Phi) is 4.14. The van der Waals surface area contributed by atoms with E-state index in [2.05, 4.69) is 5.32 Å². The highest BCUT2D eigenvalue weighted by atomic mass is 19.1. The Morgan fingerprint density at radius 3 is 2.26 bits per heavy atom. The van der Waals surface area contributed by atoms with Crippen LogP contribution in [0.15, 0.2) is 24.3 Å². The number of hydrogen-bond acceptors (Lipinski definition) is 2. The molecule has 0 bridgehead atoms. The second-order valence-corrected chi connectivity index (χ2v) is 4.86. The van der Waals surface area contributed by atoms with Crippen LogP contribution in [0.3, 0.4) is 0 Å². The summed E-state index contributed by atoms with van der Waals surface area (Å²) in [5, 5.41) is 11.4. The van der Waals surface area contributed by atoms with E-state index in [4.69, 9.17) is 5.11 Å². The summed E-state index contributed by atoms with van der Waals surface area (Å²) in [4.78, 5) is 22.8. The number of para-hydroxylation sites is 1. The van der Waals surface area contributed by atoms with E-state index in [1.54, 1.807) is 12.1 Å². The van der Waals surface area contributed by atoms with Gasteiger partial charge in [-0.1, -0.05) is 12.1 Å². The van der Waals surface area contributed by atoms with Crippen molar-refractivity contribution in [1.82, 2.24) is 0 Å². The predicted octanol–water partition coefficient (Wildman–Crippen LogP) is 2.66. The Labute approximate surface area is 110 Å². The fourth-order valence-corrected chi connectivity index (χ4v) is 2.40. The van der Waals surface area contributed by atoms with Crippen molar-refractivity contribution in [2.24, 2.45) is 11.8 Å². The van der Waals surface area contributed by atoms with E-state index in [-0.39, 0.29) is 23.4 Å². The van der Waals surface area contributed by atoms with Crippen molar-refractivity contribution in [3.05, 3.63) is 30.1 Å². The molecule has 19 heavy (non-hydrogen) atoms. The lowest BCUT2D eigenvalue weighted by atomic mass is 9.81. The monoisotopic (exact) mass is 265 g/mol. The third kappa shape index (κ3) is 3.30. The number of nitrogens with one attached hydrogen (secondary N) is 1. The summed E-state index contributed by atoms with van der Waals surface area (Å²) in [7, 11) is 0. The highest BCUT2D eigenvalue weighted by molar-refractivity contribution is 5.92. The minimum absolute atomic E-state index is 0.174. The molecule has 1 fully saturated rings. The Bertz CT molecular complexity index is 481. The number of rotatable bonds is 3. The predicted molar refractivity (Wildman–Crippen MR) is 68.1 cm³/mol.